The summed E-state index contributed by atoms with van der Waals surface area (Å²) in [5.41, 5.74) is 0. The molecule has 0 aromatic carbocycles. The quantitative estimate of drug-likeness (QED) is 0.305. The molecule has 0 aromatic heterocycles. The molecule has 0 N–H and O–H groups in total. The maximum absolute atomic E-state index is 10.7. The molecule has 86 valence electrons. The average molecular weight is 213 g/mol. The third-order valence-electron chi connectivity index (χ3n) is 2.65. The summed E-state index contributed by atoms with van der Waals surface area (Å²) >= 11 is 0. The highest BCUT2D eigenvalue weighted by atomic mass is 16.6. The van der Waals surface area contributed by atoms with Crippen LogP contribution in [0.25, 0.3) is 0 Å². The van der Waals surface area contributed by atoms with Crippen molar-refractivity contribution in [3.63, 3.8) is 0 Å². The summed E-state index contributed by atoms with van der Waals surface area (Å²) in [4.78, 5) is 10.5. The minimum atomic E-state index is -0.545. The van der Waals surface area contributed by atoms with Gasteiger partial charge in [-0.15, -0.1) is 0 Å². The minimum absolute atomic E-state index is 0.214. The van der Waals surface area contributed by atoms with Gasteiger partial charge in [-0.1, -0.05) is 31.9 Å². The van der Waals surface area contributed by atoms with Crippen LogP contribution in [-0.4, -0.2) is 23.7 Å². The number of hydrogen-bond acceptors (Lipinski definition) is 3. The lowest BCUT2D eigenvalue weighted by Gasteiger charge is -2.23. The third-order valence-corrected chi connectivity index (χ3v) is 2.65. The second kappa shape index (κ2) is 6.56. The number of hydrogen-bond donors (Lipinski definition) is 0. The van der Waals surface area contributed by atoms with Crippen LogP contribution in [-0.2, 0) is 4.74 Å². The van der Waals surface area contributed by atoms with Gasteiger partial charge in [0.25, 0.3) is 0 Å². The Kier molecular flexibility index (Phi) is 5.32. The van der Waals surface area contributed by atoms with Crippen molar-refractivity contribution in [3.05, 3.63) is 22.3 Å². The van der Waals surface area contributed by atoms with E-state index in [1.165, 1.54) is 0 Å². The van der Waals surface area contributed by atoms with Gasteiger partial charge in [0.05, 0.1) is 0 Å². The van der Waals surface area contributed by atoms with Crippen LogP contribution < -0.4 is 0 Å². The minimum Gasteiger partial charge on any atom is -0.367 e. The number of unbranched alkanes of at least 4 members (excludes halogenated alkanes) is 2. The van der Waals surface area contributed by atoms with Crippen LogP contribution >= 0.6 is 0 Å². The number of ether oxygens (including phenoxy) is 1. The highest BCUT2D eigenvalue weighted by Crippen LogP contribution is 2.18. The zero-order valence-corrected chi connectivity index (χ0v) is 9.22. The summed E-state index contributed by atoms with van der Waals surface area (Å²) in [6, 6.07) is -0.545. The molecule has 1 rings (SSSR count). The fourth-order valence-electron chi connectivity index (χ4n) is 1.75. The molecule has 4 heteroatoms. The van der Waals surface area contributed by atoms with Crippen LogP contribution in [0.3, 0.4) is 0 Å². The topological polar surface area (TPSA) is 52.4 Å². The van der Waals surface area contributed by atoms with Crippen LogP contribution in [0.1, 0.15) is 39.0 Å². The third kappa shape index (κ3) is 4.00. The molecule has 0 unspecified atom stereocenters. The molecule has 0 radical (unpaired) electrons. The zero-order valence-electron chi connectivity index (χ0n) is 9.22. The molecule has 4 nitrogen and oxygen atoms in total. The van der Waals surface area contributed by atoms with Gasteiger partial charge in [-0.25, -0.2) is 0 Å². The standard InChI is InChI=1S/C11H19NO3/c1-2-3-4-5-8-11-10(12(13)14)7-6-9-15-11/h5,8,10-11H,2-4,6-7,9H2,1H3/b8-5+/t10-,11+/m1/s1. The van der Waals surface area contributed by atoms with Crippen LogP contribution in [0.15, 0.2) is 12.2 Å². The second-order valence-corrected chi connectivity index (χ2v) is 3.90. The van der Waals surface area contributed by atoms with Gasteiger partial charge in [-0.3, -0.25) is 10.1 Å². The van der Waals surface area contributed by atoms with Crippen molar-refractivity contribution in [2.45, 2.75) is 51.2 Å². The first-order valence-corrected chi connectivity index (χ1v) is 5.67. The van der Waals surface area contributed by atoms with E-state index < -0.39 is 6.04 Å². The zero-order chi connectivity index (χ0) is 11.1. The molecule has 1 aliphatic rings. The Morgan fingerprint density at radius 2 is 2.40 bits per heavy atom. The lowest BCUT2D eigenvalue weighted by atomic mass is 10.0. The second-order valence-electron chi connectivity index (χ2n) is 3.90. The first kappa shape index (κ1) is 12.2. The van der Waals surface area contributed by atoms with E-state index >= 15 is 0 Å². The van der Waals surface area contributed by atoms with Crippen molar-refractivity contribution in [1.29, 1.82) is 0 Å². The molecule has 1 saturated heterocycles. The Bertz CT molecular complexity index is 228. The monoisotopic (exact) mass is 213 g/mol. The Morgan fingerprint density at radius 3 is 3.07 bits per heavy atom. The molecule has 1 heterocycles. The fraction of sp³-hybridized carbons (Fsp3) is 0.818. The van der Waals surface area contributed by atoms with E-state index in [9.17, 15) is 10.1 Å². The fourth-order valence-corrected chi connectivity index (χ4v) is 1.75. The lowest BCUT2D eigenvalue weighted by molar-refractivity contribution is -0.537. The Morgan fingerprint density at radius 1 is 1.60 bits per heavy atom. The molecule has 0 spiro atoms. The van der Waals surface area contributed by atoms with Gasteiger partial charge < -0.3 is 4.74 Å². The molecule has 15 heavy (non-hydrogen) atoms. The van der Waals surface area contributed by atoms with Gasteiger partial charge in [0, 0.05) is 18.0 Å². The van der Waals surface area contributed by atoms with Crippen LogP contribution in [0.5, 0.6) is 0 Å². The molecule has 2 atom stereocenters. The van der Waals surface area contributed by atoms with Crippen molar-refractivity contribution in [2.75, 3.05) is 6.61 Å². The van der Waals surface area contributed by atoms with E-state index in [4.69, 9.17) is 4.74 Å². The summed E-state index contributed by atoms with van der Waals surface area (Å²) < 4.78 is 5.40. The van der Waals surface area contributed by atoms with Crippen molar-refractivity contribution in [3.8, 4) is 0 Å². The molecular formula is C11H19NO3. The first-order chi connectivity index (χ1) is 7.25. The summed E-state index contributed by atoms with van der Waals surface area (Å²) in [6.45, 7) is 2.78. The van der Waals surface area contributed by atoms with Crippen molar-refractivity contribution in [2.24, 2.45) is 0 Å². The lowest BCUT2D eigenvalue weighted by Crippen LogP contribution is -2.38. The van der Waals surface area contributed by atoms with E-state index in [1.54, 1.807) is 0 Å². The molecule has 1 aliphatic heterocycles. The Labute approximate surface area is 90.5 Å². The Hall–Kier alpha value is -0.900. The molecular weight excluding hydrogens is 194 g/mol. The highest BCUT2D eigenvalue weighted by Gasteiger charge is 2.32. The molecule has 0 amide bonds. The molecule has 1 fully saturated rings. The highest BCUT2D eigenvalue weighted by molar-refractivity contribution is 4.95. The molecule has 0 aromatic rings. The van der Waals surface area contributed by atoms with Gasteiger partial charge in [0.1, 0.15) is 6.10 Å². The van der Waals surface area contributed by atoms with Gasteiger partial charge in [0.2, 0.25) is 6.04 Å². The predicted molar refractivity (Wildman–Crippen MR) is 58.4 cm³/mol. The van der Waals surface area contributed by atoms with E-state index in [2.05, 4.69) is 6.92 Å². The molecule has 0 saturated carbocycles. The number of nitrogens with zero attached hydrogens (tertiary/aromatic N) is 1. The number of rotatable bonds is 5. The van der Waals surface area contributed by atoms with Gasteiger partial charge in [0.15, 0.2) is 0 Å². The van der Waals surface area contributed by atoms with E-state index in [-0.39, 0.29) is 11.0 Å². The van der Waals surface area contributed by atoms with E-state index in [0.717, 1.165) is 25.7 Å². The smallest absolute Gasteiger partial charge is 0.242 e. The average Bonchev–Trinajstić information content (AvgIpc) is 2.25. The first-order valence-electron chi connectivity index (χ1n) is 5.67. The predicted octanol–water partition coefficient (Wildman–Crippen LogP) is 2.56. The van der Waals surface area contributed by atoms with E-state index in [1.807, 2.05) is 12.2 Å². The number of allylic oxidation sites excluding steroid dienone is 1. The van der Waals surface area contributed by atoms with Crippen LogP contribution in [0.2, 0.25) is 0 Å². The molecule has 0 bridgehead atoms. The van der Waals surface area contributed by atoms with Crippen LogP contribution in [0.4, 0.5) is 0 Å². The largest absolute Gasteiger partial charge is 0.367 e. The summed E-state index contributed by atoms with van der Waals surface area (Å²) in [6.07, 6.45) is 8.26. The normalized spacial score (nSPS) is 27.0. The van der Waals surface area contributed by atoms with Crippen molar-refractivity contribution in [1.82, 2.24) is 0 Å². The van der Waals surface area contributed by atoms with Gasteiger partial charge >= 0.3 is 0 Å². The molecule has 0 aliphatic carbocycles. The summed E-state index contributed by atoms with van der Waals surface area (Å²) in [5, 5.41) is 10.7. The van der Waals surface area contributed by atoms with Gasteiger partial charge in [-0.2, -0.15) is 0 Å². The summed E-state index contributed by atoms with van der Waals surface area (Å²) in [5.74, 6) is 0. The van der Waals surface area contributed by atoms with E-state index in [0.29, 0.717) is 13.0 Å². The Balaban J connectivity index is 2.42. The van der Waals surface area contributed by atoms with Crippen molar-refractivity contribution >= 4 is 0 Å². The van der Waals surface area contributed by atoms with Gasteiger partial charge in [-0.05, 0) is 12.8 Å². The number of nitro groups is 1. The summed E-state index contributed by atoms with van der Waals surface area (Å²) in [7, 11) is 0. The maximum Gasteiger partial charge on any atom is 0.242 e. The van der Waals surface area contributed by atoms with Crippen molar-refractivity contribution < 1.29 is 9.66 Å². The SMILES string of the molecule is CCCC/C=C/[C@@H]1OCCC[C@H]1[N+](=O)[O-]. The maximum atomic E-state index is 10.7. The van der Waals surface area contributed by atoms with Crippen LogP contribution in [0, 0.1) is 10.1 Å².